The summed E-state index contributed by atoms with van der Waals surface area (Å²) in [5, 5.41) is 3.00. The molecule has 21 heavy (non-hydrogen) atoms. The fraction of sp³-hybridized carbons (Fsp3) is 0.857. The van der Waals surface area contributed by atoms with Crippen molar-refractivity contribution < 1.29 is 14.3 Å². The van der Waals surface area contributed by atoms with Crippen LogP contribution in [0.25, 0.3) is 0 Å². The number of amides is 2. The average Bonchev–Trinajstić information content (AvgIpc) is 2.45. The lowest BCUT2D eigenvalue weighted by molar-refractivity contribution is -0.135. The van der Waals surface area contributed by atoms with Gasteiger partial charge in [-0.1, -0.05) is 6.92 Å². The molecule has 0 aromatic carbocycles. The van der Waals surface area contributed by atoms with E-state index in [0.29, 0.717) is 25.9 Å². The molecule has 2 atom stereocenters. The quantitative estimate of drug-likeness (QED) is 0.722. The van der Waals surface area contributed by atoms with Crippen LogP contribution in [0.5, 0.6) is 0 Å². The van der Waals surface area contributed by atoms with E-state index >= 15 is 0 Å². The summed E-state index contributed by atoms with van der Waals surface area (Å²) in [6.45, 7) is 3.66. The first kappa shape index (κ1) is 20.1. The van der Waals surface area contributed by atoms with Crippen LogP contribution in [0, 0.1) is 0 Å². The Morgan fingerprint density at radius 2 is 2.19 bits per heavy atom. The first-order chi connectivity index (χ1) is 9.60. The van der Waals surface area contributed by atoms with Crippen LogP contribution in [0.1, 0.15) is 39.0 Å². The zero-order valence-electron chi connectivity index (χ0n) is 13.0. The zero-order chi connectivity index (χ0) is 15.0. The Morgan fingerprint density at radius 1 is 1.48 bits per heavy atom. The van der Waals surface area contributed by atoms with Gasteiger partial charge in [-0.2, -0.15) is 0 Å². The molecule has 1 rings (SSSR count). The van der Waals surface area contributed by atoms with Gasteiger partial charge < -0.3 is 20.7 Å². The Kier molecular flexibility index (Phi) is 10.4. The largest absolute Gasteiger partial charge is 0.380 e. The first-order valence-electron chi connectivity index (χ1n) is 7.40. The maximum absolute atomic E-state index is 12.2. The van der Waals surface area contributed by atoms with E-state index in [9.17, 15) is 9.59 Å². The molecular formula is C14H28ClN3O3. The van der Waals surface area contributed by atoms with Gasteiger partial charge in [-0.3, -0.25) is 9.59 Å². The number of nitrogens with two attached hydrogens (primary N) is 1. The normalized spacial score (nSPS) is 19.6. The van der Waals surface area contributed by atoms with Gasteiger partial charge in [0, 0.05) is 39.2 Å². The summed E-state index contributed by atoms with van der Waals surface area (Å²) in [6, 6.07) is 0.0746. The van der Waals surface area contributed by atoms with Crippen molar-refractivity contribution in [1.82, 2.24) is 10.2 Å². The number of ether oxygens (including phenoxy) is 1. The highest BCUT2D eigenvalue weighted by Crippen LogP contribution is 2.13. The van der Waals surface area contributed by atoms with Gasteiger partial charge >= 0.3 is 0 Å². The fourth-order valence-corrected chi connectivity index (χ4v) is 2.44. The van der Waals surface area contributed by atoms with Crippen molar-refractivity contribution in [3.05, 3.63) is 0 Å². The smallest absolute Gasteiger partial charge is 0.225 e. The van der Waals surface area contributed by atoms with Crippen LogP contribution in [-0.4, -0.2) is 55.6 Å². The van der Waals surface area contributed by atoms with E-state index in [0.717, 1.165) is 25.8 Å². The monoisotopic (exact) mass is 321 g/mol. The van der Waals surface area contributed by atoms with Gasteiger partial charge in [0.15, 0.2) is 0 Å². The maximum Gasteiger partial charge on any atom is 0.225 e. The molecule has 2 unspecified atom stereocenters. The molecule has 1 fully saturated rings. The molecule has 2 amide bonds. The second kappa shape index (κ2) is 10.8. The minimum Gasteiger partial charge on any atom is -0.380 e. The topological polar surface area (TPSA) is 84.7 Å². The van der Waals surface area contributed by atoms with Crippen molar-refractivity contribution in [2.75, 3.05) is 26.7 Å². The number of likely N-dealkylation sites (tertiary alicyclic amines) is 1. The molecule has 0 radical (unpaired) electrons. The Hall–Kier alpha value is -0.850. The number of piperidine rings is 1. The number of nitrogens with zero attached hydrogens (tertiary/aromatic N) is 1. The van der Waals surface area contributed by atoms with Crippen molar-refractivity contribution in [2.45, 2.75) is 51.2 Å². The number of rotatable bonds is 7. The number of hydrogen-bond acceptors (Lipinski definition) is 4. The SMILES string of the molecule is CCCC(=O)NC1CCCN(C(=O)CC(CN)OC)C1.Cl. The van der Waals surface area contributed by atoms with Gasteiger partial charge in [0.1, 0.15) is 0 Å². The molecule has 0 aromatic rings. The van der Waals surface area contributed by atoms with E-state index in [2.05, 4.69) is 5.32 Å². The average molecular weight is 322 g/mol. The third-order valence-electron chi connectivity index (χ3n) is 3.61. The predicted molar refractivity (Wildman–Crippen MR) is 84.4 cm³/mol. The van der Waals surface area contributed by atoms with Crippen LogP contribution < -0.4 is 11.1 Å². The van der Waals surface area contributed by atoms with Gasteiger partial charge in [0.25, 0.3) is 0 Å². The fourth-order valence-electron chi connectivity index (χ4n) is 2.44. The summed E-state index contributed by atoms with van der Waals surface area (Å²) in [4.78, 5) is 25.6. The molecule has 3 N–H and O–H groups in total. The lowest BCUT2D eigenvalue weighted by atomic mass is 10.0. The summed E-state index contributed by atoms with van der Waals surface area (Å²) >= 11 is 0. The first-order valence-corrected chi connectivity index (χ1v) is 7.40. The molecule has 0 spiro atoms. The molecular weight excluding hydrogens is 294 g/mol. The molecule has 1 heterocycles. The molecule has 0 aromatic heterocycles. The number of carbonyl (C=O) groups excluding carboxylic acids is 2. The molecule has 1 aliphatic rings. The van der Waals surface area contributed by atoms with Crippen molar-refractivity contribution >= 4 is 24.2 Å². The minimum absolute atomic E-state index is 0. The summed E-state index contributed by atoms with van der Waals surface area (Å²) < 4.78 is 5.14. The van der Waals surface area contributed by atoms with Crippen LogP contribution in [0.3, 0.4) is 0 Å². The Balaban J connectivity index is 0.00000400. The summed E-state index contributed by atoms with van der Waals surface area (Å²) in [6.07, 6.45) is 3.32. The lowest BCUT2D eigenvalue weighted by Crippen LogP contribution is -2.50. The molecule has 1 aliphatic heterocycles. The molecule has 0 saturated carbocycles. The van der Waals surface area contributed by atoms with Gasteiger partial charge in [0.05, 0.1) is 12.5 Å². The van der Waals surface area contributed by atoms with E-state index < -0.39 is 0 Å². The van der Waals surface area contributed by atoms with Crippen LogP contribution in [0.4, 0.5) is 0 Å². The van der Waals surface area contributed by atoms with Crippen LogP contribution in [-0.2, 0) is 14.3 Å². The van der Waals surface area contributed by atoms with E-state index in [-0.39, 0.29) is 36.4 Å². The Labute approximate surface area is 133 Å². The van der Waals surface area contributed by atoms with Gasteiger partial charge in [-0.05, 0) is 19.3 Å². The second-order valence-corrected chi connectivity index (χ2v) is 5.29. The zero-order valence-corrected chi connectivity index (χ0v) is 13.8. The van der Waals surface area contributed by atoms with Crippen LogP contribution in [0.15, 0.2) is 0 Å². The minimum atomic E-state index is -0.224. The third-order valence-corrected chi connectivity index (χ3v) is 3.61. The molecule has 124 valence electrons. The standard InChI is InChI=1S/C14H27N3O3.ClH/c1-3-5-13(18)16-11-6-4-7-17(10-11)14(19)8-12(9-15)20-2;/h11-12H,3-10,15H2,1-2H3,(H,16,18);1H. The molecule has 6 nitrogen and oxygen atoms in total. The predicted octanol–water partition coefficient (Wildman–Crippen LogP) is 0.679. The van der Waals surface area contributed by atoms with Crippen LogP contribution in [0.2, 0.25) is 0 Å². The van der Waals surface area contributed by atoms with E-state index in [1.807, 2.05) is 11.8 Å². The number of hydrogen-bond donors (Lipinski definition) is 2. The van der Waals surface area contributed by atoms with Crippen molar-refractivity contribution in [2.24, 2.45) is 5.73 Å². The highest BCUT2D eigenvalue weighted by atomic mass is 35.5. The van der Waals surface area contributed by atoms with Crippen molar-refractivity contribution in [3.63, 3.8) is 0 Å². The van der Waals surface area contributed by atoms with E-state index in [4.69, 9.17) is 10.5 Å². The summed E-state index contributed by atoms with van der Waals surface area (Å²) in [5.41, 5.74) is 5.53. The molecule has 1 saturated heterocycles. The molecule has 7 heteroatoms. The number of halogens is 1. The number of nitrogens with one attached hydrogen (secondary N) is 1. The molecule has 0 bridgehead atoms. The van der Waals surface area contributed by atoms with Crippen molar-refractivity contribution in [1.29, 1.82) is 0 Å². The summed E-state index contributed by atoms with van der Waals surface area (Å²) in [7, 11) is 1.56. The van der Waals surface area contributed by atoms with Crippen molar-refractivity contribution in [3.8, 4) is 0 Å². The molecule has 0 aliphatic carbocycles. The third kappa shape index (κ3) is 7.11. The van der Waals surface area contributed by atoms with Gasteiger partial charge in [0.2, 0.25) is 11.8 Å². The number of methoxy groups -OCH3 is 1. The highest BCUT2D eigenvalue weighted by molar-refractivity contribution is 5.85. The Morgan fingerprint density at radius 3 is 2.76 bits per heavy atom. The lowest BCUT2D eigenvalue weighted by Gasteiger charge is -2.34. The van der Waals surface area contributed by atoms with Crippen LogP contribution >= 0.6 is 12.4 Å². The highest BCUT2D eigenvalue weighted by Gasteiger charge is 2.25. The van der Waals surface area contributed by atoms with Gasteiger partial charge in [-0.25, -0.2) is 0 Å². The maximum atomic E-state index is 12.2. The second-order valence-electron chi connectivity index (χ2n) is 5.29. The van der Waals surface area contributed by atoms with E-state index in [1.54, 1.807) is 7.11 Å². The summed E-state index contributed by atoms with van der Waals surface area (Å²) in [5.74, 6) is 0.125. The van der Waals surface area contributed by atoms with Gasteiger partial charge in [-0.15, -0.1) is 12.4 Å². The van der Waals surface area contributed by atoms with E-state index in [1.165, 1.54) is 0 Å². The Bertz CT molecular complexity index is 325. The number of carbonyl (C=O) groups is 2.